The minimum atomic E-state index is -2.62. The van der Waals surface area contributed by atoms with E-state index in [1.807, 2.05) is 0 Å². The highest BCUT2D eigenvalue weighted by Crippen LogP contribution is 2.52. The van der Waals surface area contributed by atoms with E-state index in [2.05, 4.69) is 5.32 Å². The highest BCUT2D eigenvalue weighted by molar-refractivity contribution is 6.24. The zero-order valence-electron chi connectivity index (χ0n) is 21.7. The Balaban J connectivity index is 1.83. The van der Waals surface area contributed by atoms with Crippen molar-refractivity contribution in [2.24, 2.45) is 17.6 Å². The molecule has 7 N–H and O–H groups in total. The number of hydrogen-bond donors (Lipinski definition) is 6. The van der Waals surface area contributed by atoms with Crippen molar-refractivity contribution in [1.82, 2.24) is 10.2 Å². The topological polar surface area (TPSA) is 194 Å². The molecule has 0 bridgehead atoms. The SMILES string of the molecule is CN(C)CC(=O)NCc1cc(N(C)C)c2c(c1O)C(=O)C1=C(O)[C@]3(O)C(=O)C(C(N)=O)=C(O)C[C@@H]3C[C@@H]1C2. The molecule has 1 aromatic carbocycles. The van der Waals surface area contributed by atoms with Crippen molar-refractivity contribution >= 4 is 29.1 Å². The van der Waals surface area contributed by atoms with Crippen LogP contribution in [0.15, 0.2) is 28.7 Å². The molecule has 4 rings (SSSR count). The van der Waals surface area contributed by atoms with Crippen molar-refractivity contribution in [3.63, 3.8) is 0 Å². The quantitative estimate of drug-likeness (QED) is 0.270. The first kappa shape index (κ1) is 27.1. The monoisotopic (exact) mass is 528 g/mol. The Hall–Kier alpha value is -3.90. The summed E-state index contributed by atoms with van der Waals surface area (Å²) in [6, 6.07) is 1.68. The van der Waals surface area contributed by atoms with Gasteiger partial charge >= 0.3 is 0 Å². The fourth-order valence-electron chi connectivity index (χ4n) is 5.79. The number of primary amides is 1. The summed E-state index contributed by atoms with van der Waals surface area (Å²) in [5.74, 6) is -7.05. The van der Waals surface area contributed by atoms with E-state index in [4.69, 9.17) is 5.73 Å². The summed E-state index contributed by atoms with van der Waals surface area (Å²) >= 11 is 0. The number of Topliss-reactive ketones (excluding diaryl/α,β-unsaturated/α-hetero) is 2. The minimum Gasteiger partial charge on any atom is -0.511 e. The van der Waals surface area contributed by atoms with Crippen LogP contribution >= 0.6 is 0 Å². The third-order valence-electron chi connectivity index (χ3n) is 7.53. The molecule has 3 atom stereocenters. The number of benzene rings is 1. The summed E-state index contributed by atoms with van der Waals surface area (Å²) in [7, 11) is 7.00. The number of phenols is 1. The molecule has 0 aromatic heterocycles. The van der Waals surface area contributed by atoms with E-state index >= 15 is 0 Å². The maximum atomic E-state index is 13.8. The lowest BCUT2D eigenvalue weighted by molar-refractivity contribution is -0.144. The molecule has 0 radical (unpaired) electrons. The third-order valence-corrected chi connectivity index (χ3v) is 7.53. The lowest BCUT2D eigenvalue weighted by Crippen LogP contribution is -2.57. The van der Waals surface area contributed by atoms with E-state index in [9.17, 15) is 39.6 Å². The molecule has 0 saturated carbocycles. The summed E-state index contributed by atoms with van der Waals surface area (Å²) in [4.78, 5) is 54.3. The number of allylic oxidation sites excluding steroid dienone is 2. The molecule has 0 fully saturated rings. The summed E-state index contributed by atoms with van der Waals surface area (Å²) in [6.07, 6.45) is -0.0333. The summed E-state index contributed by atoms with van der Waals surface area (Å²) < 4.78 is 0. The zero-order chi connectivity index (χ0) is 28.3. The molecule has 0 saturated heterocycles. The smallest absolute Gasteiger partial charge is 0.255 e. The number of phenolic OH excluding ortho intramolecular Hbond substituents is 1. The molecule has 3 aliphatic carbocycles. The molecule has 12 heteroatoms. The molecular formula is C26H32N4O8. The van der Waals surface area contributed by atoms with Crippen LogP contribution < -0.4 is 16.0 Å². The van der Waals surface area contributed by atoms with Crippen molar-refractivity contribution in [3.05, 3.63) is 45.4 Å². The predicted octanol–water partition coefficient (Wildman–Crippen LogP) is -0.176. The average Bonchev–Trinajstić information content (AvgIpc) is 2.80. The summed E-state index contributed by atoms with van der Waals surface area (Å²) in [6.45, 7) is 0.0591. The summed E-state index contributed by atoms with van der Waals surface area (Å²) in [5.41, 5.74) is 2.89. The average molecular weight is 529 g/mol. The number of likely N-dealkylation sites (N-methyl/N-ethyl adjacent to an activating group) is 1. The number of aromatic hydroxyl groups is 1. The summed E-state index contributed by atoms with van der Waals surface area (Å²) in [5, 5.41) is 46.7. The standard InChI is InChI=1S/C26H32N4O8/c1-29(2)10-17(32)28-9-12-7-15(30(3)4)14-6-11-5-13-8-16(31)20(25(27)37)24(36)26(13,38)23(35)18(11)22(34)19(14)21(12)33/h7,11,13,31,33,35,38H,5-6,8-10H2,1-4H3,(H2,27,37)(H,28,32)/t11-,13+,26+/m1/s1. The Kier molecular flexibility index (Phi) is 6.74. The van der Waals surface area contributed by atoms with Gasteiger partial charge in [0.2, 0.25) is 11.7 Å². The number of carbonyl (C=O) groups is 4. The number of fused-ring (bicyclic) bond motifs is 3. The number of nitrogens with two attached hydrogens (primary N) is 1. The maximum absolute atomic E-state index is 13.8. The number of amides is 2. The second-order valence-electron chi connectivity index (χ2n) is 10.6. The van der Waals surface area contributed by atoms with Gasteiger partial charge in [-0.2, -0.15) is 0 Å². The predicted molar refractivity (Wildman–Crippen MR) is 136 cm³/mol. The number of carbonyl (C=O) groups excluding carboxylic acids is 4. The van der Waals surface area contributed by atoms with Crippen LogP contribution in [0.5, 0.6) is 5.75 Å². The molecule has 0 aliphatic heterocycles. The van der Waals surface area contributed by atoms with Crippen LogP contribution in [-0.4, -0.2) is 89.0 Å². The Morgan fingerprint density at radius 1 is 1.13 bits per heavy atom. The number of rotatable bonds is 6. The molecular weight excluding hydrogens is 496 g/mol. The molecule has 2 amide bonds. The highest BCUT2D eigenvalue weighted by Gasteiger charge is 2.59. The van der Waals surface area contributed by atoms with Crippen molar-refractivity contribution in [2.45, 2.75) is 31.4 Å². The number of anilines is 1. The number of hydrogen-bond acceptors (Lipinski definition) is 10. The Morgan fingerprint density at radius 3 is 2.37 bits per heavy atom. The minimum absolute atomic E-state index is 0.0545. The molecule has 0 spiro atoms. The van der Waals surface area contributed by atoms with Gasteiger partial charge < -0.3 is 41.3 Å². The fourth-order valence-corrected chi connectivity index (χ4v) is 5.79. The van der Waals surface area contributed by atoms with E-state index in [-0.39, 0.29) is 60.7 Å². The van der Waals surface area contributed by atoms with Gasteiger partial charge in [0.15, 0.2) is 11.4 Å². The molecule has 204 valence electrons. The van der Waals surface area contributed by atoms with Gasteiger partial charge in [-0.25, -0.2) is 0 Å². The van der Waals surface area contributed by atoms with Crippen LogP contribution in [0.1, 0.15) is 34.3 Å². The number of aliphatic hydroxyl groups excluding tert-OH is 2. The second-order valence-corrected chi connectivity index (χ2v) is 10.6. The van der Waals surface area contributed by atoms with E-state index in [1.165, 1.54) is 0 Å². The van der Waals surface area contributed by atoms with E-state index in [0.29, 0.717) is 11.3 Å². The van der Waals surface area contributed by atoms with Crippen molar-refractivity contribution in [3.8, 4) is 5.75 Å². The lowest BCUT2D eigenvalue weighted by Gasteiger charge is -2.46. The van der Waals surface area contributed by atoms with Crippen molar-refractivity contribution in [1.29, 1.82) is 0 Å². The Morgan fingerprint density at radius 2 is 1.79 bits per heavy atom. The van der Waals surface area contributed by atoms with Crippen LogP contribution in [0.3, 0.4) is 0 Å². The van der Waals surface area contributed by atoms with Gasteiger partial charge in [0.05, 0.1) is 12.1 Å². The fraction of sp³-hybridized carbons (Fsp3) is 0.462. The lowest BCUT2D eigenvalue weighted by atomic mass is 9.60. The number of ketones is 2. The first-order valence-electron chi connectivity index (χ1n) is 12.1. The molecule has 0 unspecified atom stereocenters. The number of nitrogens with one attached hydrogen (secondary N) is 1. The Labute approximate surface area is 219 Å². The number of nitrogens with zero attached hydrogens (tertiary/aromatic N) is 2. The van der Waals surface area contributed by atoms with E-state index in [0.717, 1.165) is 0 Å². The number of aliphatic hydroxyl groups is 3. The van der Waals surface area contributed by atoms with Gasteiger partial charge in [-0.15, -0.1) is 0 Å². The largest absolute Gasteiger partial charge is 0.511 e. The highest BCUT2D eigenvalue weighted by atomic mass is 16.3. The second kappa shape index (κ2) is 9.44. The van der Waals surface area contributed by atoms with Gasteiger partial charge in [-0.05, 0) is 44.5 Å². The van der Waals surface area contributed by atoms with Crippen LogP contribution in [0, 0.1) is 11.8 Å². The zero-order valence-corrected chi connectivity index (χ0v) is 21.7. The molecule has 1 aromatic rings. The Bertz CT molecular complexity index is 1330. The first-order valence-corrected chi connectivity index (χ1v) is 12.1. The molecule has 0 heterocycles. The van der Waals surface area contributed by atoms with E-state index < -0.39 is 52.0 Å². The van der Waals surface area contributed by atoms with Crippen molar-refractivity contribution in [2.75, 3.05) is 39.6 Å². The molecule has 38 heavy (non-hydrogen) atoms. The van der Waals surface area contributed by atoms with E-state index in [1.54, 1.807) is 44.1 Å². The molecule has 3 aliphatic rings. The first-order chi connectivity index (χ1) is 17.7. The van der Waals surface area contributed by atoms with Gasteiger partial charge in [-0.1, -0.05) is 0 Å². The molecule has 12 nitrogen and oxygen atoms in total. The van der Waals surface area contributed by atoms with Crippen LogP contribution in [0.25, 0.3) is 0 Å². The maximum Gasteiger partial charge on any atom is 0.255 e. The van der Waals surface area contributed by atoms with Crippen LogP contribution in [0.2, 0.25) is 0 Å². The van der Waals surface area contributed by atoms with Gasteiger partial charge in [0.1, 0.15) is 22.8 Å². The van der Waals surface area contributed by atoms with Crippen LogP contribution in [-0.2, 0) is 27.3 Å². The van der Waals surface area contributed by atoms with Gasteiger partial charge in [-0.3, -0.25) is 19.2 Å². The third kappa shape index (κ3) is 4.09. The normalized spacial score (nSPS) is 24.7. The van der Waals surface area contributed by atoms with Crippen molar-refractivity contribution < 1.29 is 39.6 Å². The van der Waals surface area contributed by atoms with Gasteiger partial charge in [0, 0.05) is 49.8 Å². The van der Waals surface area contributed by atoms with Gasteiger partial charge in [0.25, 0.3) is 5.91 Å². The van der Waals surface area contributed by atoms with Crippen LogP contribution in [0.4, 0.5) is 5.69 Å².